The molecule has 6 heteroatoms. The van der Waals surface area contributed by atoms with E-state index in [4.69, 9.17) is 14.4 Å². The van der Waals surface area contributed by atoms with E-state index in [1.165, 1.54) is 25.3 Å². The lowest BCUT2D eigenvalue weighted by molar-refractivity contribution is -0.137. The molecule has 20 heavy (non-hydrogen) atoms. The molecule has 1 heterocycles. The van der Waals surface area contributed by atoms with Gasteiger partial charge in [0, 0.05) is 6.08 Å². The van der Waals surface area contributed by atoms with E-state index in [1.807, 2.05) is 0 Å². The zero-order valence-electron chi connectivity index (χ0n) is 11.1. The molecule has 0 saturated heterocycles. The molecule has 0 aliphatic heterocycles. The Morgan fingerprint density at radius 3 is 2.80 bits per heavy atom. The van der Waals surface area contributed by atoms with Gasteiger partial charge < -0.3 is 13.9 Å². The van der Waals surface area contributed by atoms with Crippen LogP contribution in [0.25, 0.3) is 6.08 Å². The van der Waals surface area contributed by atoms with E-state index in [0.29, 0.717) is 5.76 Å². The molecule has 0 amide bonds. The second-order valence-electron chi connectivity index (χ2n) is 3.67. The molecular formula is C14H13NO5. The van der Waals surface area contributed by atoms with Crippen LogP contribution in [0.15, 0.2) is 28.7 Å². The van der Waals surface area contributed by atoms with Crippen molar-refractivity contribution in [1.82, 2.24) is 0 Å². The predicted octanol–water partition coefficient (Wildman–Crippen LogP) is 2.01. The van der Waals surface area contributed by atoms with Crippen molar-refractivity contribution in [1.29, 1.82) is 5.26 Å². The van der Waals surface area contributed by atoms with Crippen LogP contribution in [-0.2, 0) is 14.3 Å². The number of nitriles is 1. The highest BCUT2D eigenvalue weighted by atomic mass is 16.5. The Bertz CT molecular complexity index is 604. The van der Waals surface area contributed by atoms with E-state index in [2.05, 4.69) is 11.3 Å². The number of aryl methyl sites for hydroxylation is 1. The number of rotatable bonds is 5. The first-order valence-corrected chi connectivity index (χ1v) is 5.62. The van der Waals surface area contributed by atoms with Gasteiger partial charge in [-0.1, -0.05) is 12.7 Å². The van der Waals surface area contributed by atoms with Crippen LogP contribution in [-0.4, -0.2) is 25.7 Å². The van der Waals surface area contributed by atoms with Crippen LogP contribution >= 0.6 is 0 Å². The standard InChI is InChI=1S/C14H13NO5/c1-4-5-19-13(16)10(8-15)6-11-7-12(9(2)20-11)14(17)18-3/h4,6-7H,1,5H2,2-3H3/b10-6+. The van der Waals surface area contributed by atoms with Crippen LogP contribution in [0.4, 0.5) is 0 Å². The molecule has 0 fully saturated rings. The number of carbonyl (C=O) groups excluding carboxylic acids is 2. The summed E-state index contributed by atoms with van der Waals surface area (Å²) in [5.74, 6) is -0.824. The molecule has 104 valence electrons. The van der Waals surface area contributed by atoms with Crippen molar-refractivity contribution in [3.63, 3.8) is 0 Å². The fourth-order valence-electron chi connectivity index (χ4n) is 1.38. The summed E-state index contributed by atoms with van der Waals surface area (Å²) >= 11 is 0. The largest absolute Gasteiger partial charge is 0.465 e. The number of methoxy groups -OCH3 is 1. The Morgan fingerprint density at radius 2 is 2.25 bits per heavy atom. The number of hydrogen-bond donors (Lipinski definition) is 0. The first kappa shape index (κ1) is 15.2. The van der Waals surface area contributed by atoms with Crippen molar-refractivity contribution >= 4 is 18.0 Å². The fourth-order valence-corrected chi connectivity index (χ4v) is 1.38. The summed E-state index contributed by atoms with van der Waals surface area (Å²) in [6, 6.07) is 3.10. The molecule has 0 unspecified atom stereocenters. The van der Waals surface area contributed by atoms with Crippen molar-refractivity contribution in [2.75, 3.05) is 13.7 Å². The monoisotopic (exact) mass is 275 g/mol. The summed E-state index contributed by atoms with van der Waals surface area (Å²) in [7, 11) is 1.25. The van der Waals surface area contributed by atoms with Gasteiger partial charge in [0.05, 0.1) is 7.11 Å². The Hall–Kier alpha value is -2.81. The number of ether oxygens (including phenoxy) is 2. The molecule has 0 aliphatic rings. The lowest BCUT2D eigenvalue weighted by atomic mass is 10.2. The third-order valence-electron chi connectivity index (χ3n) is 2.30. The molecule has 0 spiro atoms. The summed E-state index contributed by atoms with van der Waals surface area (Å²) in [5, 5.41) is 8.91. The molecule has 1 rings (SSSR count). The molecule has 0 N–H and O–H groups in total. The maximum absolute atomic E-state index is 11.5. The van der Waals surface area contributed by atoms with Crippen LogP contribution in [0.5, 0.6) is 0 Å². The lowest BCUT2D eigenvalue weighted by Gasteiger charge is -1.98. The van der Waals surface area contributed by atoms with Gasteiger partial charge in [-0.2, -0.15) is 5.26 Å². The minimum atomic E-state index is -0.791. The van der Waals surface area contributed by atoms with Crippen molar-refractivity contribution in [2.45, 2.75) is 6.92 Å². The van der Waals surface area contributed by atoms with Gasteiger partial charge >= 0.3 is 11.9 Å². The number of nitrogens with zero attached hydrogens (tertiary/aromatic N) is 1. The summed E-state index contributed by atoms with van der Waals surface area (Å²) in [6.07, 6.45) is 2.59. The van der Waals surface area contributed by atoms with Crippen molar-refractivity contribution in [3.8, 4) is 6.07 Å². The average Bonchev–Trinajstić information content (AvgIpc) is 2.82. The van der Waals surface area contributed by atoms with Crippen LogP contribution in [0.1, 0.15) is 21.9 Å². The number of carbonyl (C=O) groups is 2. The highest BCUT2D eigenvalue weighted by molar-refractivity contribution is 5.98. The SMILES string of the molecule is C=CCOC(=O)/C(C#N)=C/c1cc(C(=O)OC)c(C)o1. The predicted molar refractivity (Wildman–Crippen MR) is 69.5 cm³/mol. The molecule has 1 aromatic heterocycles. The smallest absolute Gasteiger partial charge is 0.349 e. The number of furan rings is 1. The molecule has 6 nitrogen and oxygen atoms in total. The average molecular weight is 275 g/mol. The van der Waals surface area contributed by atoms with E-state index >= 15 is 0 Å². The third kappa shape index (κ3) is 3.59. The van der Waals surface area contributed by atoms with Gasteiger partial charge in [0.2, 0.25) is 0 Å². The molecule has 0 saturated carbocycles. The molecular weight excluding hydrogens is 262 g/mol. The Labute approximate surface area is 115 Å². The second-order valence-corrected chi connectivity index (χ2v) is 3.67. The van der Waals surface area contributed by atoms with Crippen LogP contribution in [0.2, 0.25) is 0 Å². The molecule has 0 radical (unpaired) electrons. The highest BCUT2D eigenvalue weighted by Gasteiger charge is 2.16. The second kappa shape index (κ2) is 6.95. The summed E-state index contributed by atoms with van der Waals surface area (Å²) in [5.41, 5.74) is -0.00693. The van der Waals surface area contributed by atoms with E-state index < -0.39 is 11.9 Å². The fraction of sp³-hybridized carbons (Fsp3) is 0.214. The van der Waals surface area contributed by atoms with Gasteiger partial charge in [0.25, 0.3) is 0 Å². The zero-order valence-corrected chi connectivity index (χ0v) is 11.1. The van der Waals surface area contributed by atoms with Crippen LogP contribution in [0, 0.1) is 18.3 Å². The van der Waals surface area contributed by atoms with Crippen LogP contribution < -0.4 is 0 Å². The van der Waals surface area contributed by atoms with E-state index in [9.17, 15) is 9.59 Å². The number of esters is 2. The summed E-state index contributed by atoms with van der Waals surface area (Å²) < 4.78 is 14.6. The Kier molecular flexibility index (Phi) is 5.30. The highest BCUT2D eigenvalue weighted by Crippen LogP contribution is 2.18. The van der Waals surface area contributed by atoms with Gasteiger partial charge in [-0.15, -0.1) is 0 Å². The minimum absolute atomic E-state index is 0.00243. The van der Waals surface area contributed by atoms with Gasteiger partial charge in [0.15, 0.2) is 0 Å². The van der Waals surface area contributed by atoms with Crippen LogP contribution in [0.3, 0.4) is 0 Å². The quantitative estimate of drug-likeness (QED) is 0.353. The van der Waals surface area contributed by atoms with E-state index in [1.54, 1.807) is 13.0 Å². The van der Waals surface area contributed by atoms with Gasteiger partial charge in [-0.3, -0.25) is 0 Å². The van der Waals surface area contributed by atoms with E-state index in [0.717, 1.165) is 0 Å². The minimum Gasteiger partial charge on any atom is -0.465 e. The summed E-state index contributed by atoms with van der Waals surface area (Å²) in [6.45, 7) is 4.97. The Morgan fingerprint density at radius 1 is 1.55 bits per heavy atom. The molecule has 0 atom stereocenters. The first-order chi connectivity index (χ1) is 9.53. The maximum atomic E-state index is 11.5. The van der Waals surface area contributed by atoms with Gasteiger partial charge in [-0.25, -0.2) is 9.59 Å². The maximum Gasteiger partial charge on any atom is 0.349 e. The topological polar surface area (TPSA) is 89.5 Å². The molecule has 0 aromatic carbocycles. The van der Waals surface area contributed by atoms with Crippen molar-refractivity contribution < 1.29 is 23.5 Å². The summed E-state index contributed by atoms with van der Waals surface area (Å²) in [4.78, 5) is 22.9. The third-order valence-corrected chi connectivity index (χ3v) is 2.30. The first-order valence-electron chi connectivity index (χ1n) is 5.62. The van der Waals surface area contributed by atoms with Gasteiger partial charge in [-0.05, 0) is 13.0 Å². The molecule has 0 bridgehead atoms. The number of hydrogen-bond acceptors (Lipinski definition) is 6. The normalized spacial score (nSPS) is 10.6. The lowest BCUT2D eigenvalue weighted by Crippen LogP contribution is -2.06. The van der Waals surface area contributed by atoms with Crippen molar-refractivity contribution in [2.24, 2.45) is 0 Å². The zero-order chi connectivity index (χ0) is 15.1. The Balaban J connectivity index is 3.02. The van der Waals surface area contributed by atoms with E-state index in [-0.39, 0.29) is 23.5 Å². The molecule has 0 aliphatic carbocycles. The molecule has 1 aromatic rings. The van der Waals surface area contributed by atoms with Crippen molar-refractivity contribution in [3.05, 3.63) is 41.4 Å². The van der Waals surface area contributed by atoms with Gasteiger partial charge in [0.1, 0.15) is 35.3 Å².